The third kappa shape index (κ3) is 2.11. The van der Waals surface area contributed by atoms with Gasteiger partial charge in [-0.25, -0.2) is 4.39 Å². The molecule has 0 amide bonds. The molecule has 0 unspecified atom stereocenters. The number of hydrogen-bond donors (Lipinski definition) is 2. The van der Waals surface area contributed by atoms with Crippen molar-refractivity contribution in [3.05, 3.63) is 50.4 Å². The molecule has 16 heavy (non-hydrogen) atoms. The van der Waals surface area contributed by atoms with Crippen LogP contribution in [0.2, 0.25) is 0 Å². The number of phenols is 1. The van der Waals surface area contributed by atoms with E-state index in [1.165, 1.54) is 17.4 Å². The maximum atomic E-state index is 13.3. The first kappa shape index (κ1) is 11.6. The lowest BCUT2D eigenvalue weighted by Gasteiger charge is -2.13. The predicted octanol–water partition coefficient (Wildman–Crippen LogP) is 3.40. The Hall–Kier alpha value is -0.910. The van der Waals surface area contributed by atoms with Gasteiger partial charge in [-0.2, -0.15) is 0 Å². The van der Waals surface area contributed by atoms with Crippen molar-refractivity contribution < 1.29 is 9.50 Å². The van der Waals surface area contributed by atoms with Gasteiger partial charge in [0.25, 0.3) is 0 Å². The van der Waals surface area contributed by atoms with Gasteiger partial charge < -0.3 is 10.8 Å². The van der Waals surface area contributed by atoms with E-state index in [9.17, 15) is 9.50 Å². The van der Waals surface area contributed by atoms with Crippen LogP contribution in [0, 0.1) is 5.82 Å². The molecule has 1 atom stereocenters. The first-order chi connectivity index (χ1) is 7.59. The Balaban J connectivity index is 2.48. The summed E-state index contributed by atoms with van der Waals surface area (Å²) in [6.07, 6.45) is 0. The van der Waals surface area contributed by atoms with Gasteiger partial charge in [-0.1, -0.05) is 22.0 Å². The van der Waals surface area contributed by atoms with Crippen molar-refractivity contribution in [2.75, 3.05) is 0 Å². The molecule has 2 aromatic rings. The third-order valence-corrected chi connectivity index (χ3v) is 3.66. The summed E-state index contributed by atoms with van der Waals surface area (Å²) in [6.45, 7) is 0. The SMILES string of the molecule is N[C@H](c1cccs1)c1cc(Br)cc(F)c1O. The normalized spacial score (nSPS) is 12.7. The van der Waals surface area contributed by atoms with Crippen LogP contribution >= 0.6 is 27.3 Å². The zero-order valence-electron chi connectivity index (χ0n) is 8.15. The Labute approximate surface area is 105 Å². The molecule has 2 rings (SSSR count). The molecule has 0 fully saturated rings. The molecule has 0 saturated heterocycles. The molecular formula is C11H9BrFNOS. The summed E-state index contributed by atoms with van der Waals surface area (Å²) in [6, 6.07) is 6.05. The number of halogens is 2. The summed E-state index contributed by atoms with van der Waals surface area (Å²) in [5.74, 6) is -1.06. The molecule has 0 aliphatic rings. The lowest BCUT2D eigenvalue weighted by molar-refractivity contribution is 0.423. The average Bonchev–Trinajstić information content (AvgIpc) is 2.75. The van der Waals surface area contributed by atoms with E-state index >= 15 is 0 Å². The van der Waals surface area contributed by atoms with Gasteiger partial charge >= 0.3 is 0 Å². The van der Waals surface area contributed by atoms with Crippen LogP contribution in [0.4, 0.5) is 4.39 Å². The van der Waals surface area contributed by atoms with E-state index in [1.807, 2.05) is 17.5 Å². The van der Waals surface area contributed by atoms with Gasteiger partial charge in [-0.05, 0) is 23.6 Å². The average molecular weight is 302 g/mol. The molecular weight excluding hydrogens is 293 g/mol. The molecule has 2 nitrogen and oxygen atoms in total. The van der Waals surface area contributed by atoms with Gasteiger partial charge in [-0.3, -0.25) is 0 Å². The fourth-order valence-electron chi connectivity index (χ4n) is 1.44. The minimum absolute atomic E-state index is 0.384. The van der Waals surface area contributed by atoms with Gasteiger partial charge in [0.05, 0.1) is 6.04 Å². The van der Waals surface area contributed by atoms with Gasteiger partial charge in [0, 0.05) is 14.9 Å². The molecule has 3 N–H and O–H groups in total. The standard InChI is InChI=1S/C11H9BrFNOS/c12-6-4-7(11(15)8(13)5-6)10(14)9-2-1-3-16-9/h1-5,10,15H,14H2/t10-/m0/s1. The zero-order valence-corrected chi connectivity index (χ0v) is 10.6. The Kier molecular flexibility index (Phi) is 3.28. The third-order valence-electron chi connectivity index (χ3n) is 2.24. The number of nitrogens with two attached hydrogens (primary N) is 1. The van der Waals surface area contributed by atoms with Crippen molar-refractivity contribution >= 4 is 27.3 Å². The van der Waals surface area contributed by atoms with Crippen LogP contribution in [0.15, 0.2) is 34.1 Å². The van der Waals surface area contributed by atoms with Crippen molar-refractivity contribution in [1.82, 2.24) is 0 Å². The second kappa shape index (κ2) is 4.53. The smallest absolute Gasteiger partial charge is 0.166 e. The molecule has 0 radical (unpaired) electrons. The van der Waals surface area contributed by atoms with E-state index in [0.717, 1.165) is 4.88 Å². The van der Waals surface area contributed by atoms with Crippen LogP contribution in [0.5, 0.6) is 5.75 Å². The summed E-state index contributed by atoms with van der Waals surface area (Å²) in [5, 5.41) is 11.5. The quantitative estimate of drug-likeness (QED) is 0.893. The summed E-state index contributed by atoms with van der Waals surface area (Å²) in [4.78, 5) is 0.882. The number of hydrogen-bond acceptors (Lipinski definition) is 3. The largest absolute Gasteiger partial charge is 0.505 e. The fraction of sp³-hybridized carbons (Fsp3) is 0.0909. The van der Waals surface area contributed by atoms with Gasteiger partial charge in [0.15, 0.2) is 11.6 Å². The maximum absolute atomic E-state index is 13.3. The van der Waals surface area contributed by atoms with Crippen molar-refractivity contribution in [1.29, 1.82) is 0 Å². The van der Waals surface area contributed by atoms with Crippen molar-refractivity contribution in [2.24, 2.45) is 5.73 Å². The number of benzene rings is 1. The number of rotatable bonds is 2. The molecule has 1 aromatic heterocycles. The van der Waals surface area contributed by atoms with Gasteiger partial charge in [0.1, 0.15) is 0 Å². The van der Waals surface area contributed by atoms with Crippen LogP contribution in [-0.2, 0) is 0 Å². The minimum Gasteiger partial charge on any atom is -0.505 e. The highest BCUT2D eigenvalue weighted by atomic mass is 79.9. The van der Waals surface area contributed by atoms with E-state index in [-0.39, 0.29) is 5.75 Å². The van der Waals surface area contributed by atoms with Crippen molar-refractivity contribution in [2.45, 2.75) is 6.04 Å². The fourth-order valence-corrected chi connectivity index (χ4v) is 2.64. The Morgan fingerprint density at radius 1 is 1.44 bits per heavy atom. The first-order valence-corrected chi connectivity index (χ1v) is 6.23. The molecule has 1 aromatic carbocycles. The lowest BCUT2D eigenvalue weighted by Crippen LogP contribution is -2.11. The van der Waals surface area contributed by atoms with Crippen LogP contribution in [0.3, 0.4) is 0 Å². The molecule has 0 bridgehead atoms. The minimum atomic E-state index is -0.670. The zero-order chi connectivity index (χ0) is 11.7. The van der Waals surface area contributed by atoms with Crippen molar-refractivity contribution in [3.63, 3.8) is 0 Å². The highest BCUT2D eigenvalue weighted by Gasteiger charge is 2.17. The Morgan fingerprint density at radius 2 is 2.19 bits per heavy atom. The number of phenolic OH excluding ortho intramolecular Hbond substituents is 1. The van der Waals surface area contributed by atoms with E-state index in [2.05, 4.69) is 15.9 Å². The molecule has 5 heteroatoms. The Morgan fingerprint density at radius 3 is 2.81 bits per heavy atom. The van der Waals surface area contributed by atoms with E-state index in [1.54, 1.807) is 6.07 Å². The summed E-state index contributed by atoms with van der Waals surface area (Å²) in [5.41, 5.74) is 6.35. The molecule has 84 valence electrons. The van der Waals surface area contributed by atoms with Crippen LogP contribution in [0.25, 0.3) is 0 Å². The number of aromatic hydroxyl groups is 1. The Bertz CT molecular complexity index is 501. The van der Waals surface area contributed by atoms with Crippen LogP contribution < -0.4 is 5.73 Å². The number of thiophene rings is 1. The van der Waals surface area contributed by atoms with Crippen molar-refractivity contribution in [3.8, 4) is 5.75 Å². The topological polar surface area (TPSA) is 46.2 Å². The van der Waals surface area contributed by atoms with Crippen LogP contribution in [0.1, 0.15) is 16.5 Å². The molecule has 0 saturated carbocycles. The van der Waals surface area contributed by atoms with Gasteiger partial charge in [-0.15, -0.1) is 11.3 Å². The molecule has 0 aliphatic heterocycles. The summed E-state index contributed by atoms with van der Waals surface area (Å²) >= 11 is 4.65. The summed E-state index contributed by atoms with van der Waals surface area (Å²) in [7, 11) is 0. The second-order valence-corrected chi connectivity index (χ2v) is 5.21. The highest BCUT2D eigenvalue weighted by Crippen LogP contribution is 2.34. The first-order valence-electron chi connectivity index (χ1n) is 4.56. The molecule has 0 spiro atoms. The highest BCUT2D eigenvalue weighted by molar-refractivity contribution is 9.10. The van der Waals surface area contributed by atoms with E-state index in [0.29, 0.717) is 10.0 Å². The van der Waals surface area contributed by atoms with Crippen LogP contribution in [-0.4, -0.2) is 5.11 Å². The maximum Gasteiger partial charge on any atom is 0.166 e. The van der Waals surface area contributed by atoms with E-state index in [4.69, 9.17) is 5.73 Å². The van der Waals surface area contributed by atoms with E-state index < -0.39 is 11.9 Å². The lowest BCUT2D eigenvalue weighted by atomic mass is 10.1. The molecule has 0 aliphatic carbocycles. The predicted molar refractivity (Wildman–Crippen MR) is 66.1 cm³/mol. The summed E-state index contributed by atoms with van der Waals surface area (Å²) < 4.78 is 13.9. The second-order valence-electron chi connectivity index (χ2n) is 3.32. The monoisotopic (exact) mass is 301 g/mol. The molecule has 1 heterocycles. The van der Waals surface area contributed by atoms with Gasteiger partial charge in [0.2, 0.25) is 0 Å².